The van der Waals surface area contributed by atoms with Crippen LogP contribution in [0.25, 0.3) is 0 Å². The third kappa shape index (κ3) is 3.10. The van der Waals surface area contributed by atoms with Crippen molar-refractivity contribution in [3.63, 3.8) is 0 Å². The molecule has 0 saturated heterocycles. The van der Waals surface area contributed by atoms with Crippen molar-refractivity contribution in [2.24, 2.45) is 0 Å². The second-order valence-corrected chi connectivity index (χ2v) is 6.34. The highest BCUT2D eigenvalue weighted by Gasteiger charge is 2.39. The second kappa shape index (κ2) is 6.61. The van der Waals surface area contributed by atoms with Crippen molar-refractivity contribution in [2.45, 2.75) is 32.5 Å². The van der Waals surface area contributed by atoms with Crippen LogP contribution in [0.5, 0.6) is 17.2 Å². The Balaban J connectivity index is 2.06. The first-order valence-electron chi connectivity index (χ1n) is 8.05. The van der Waals surface area contributed by atoms with E-state index >= 15 is 0 Å². The lowest BCUT2D eigenvalue weighted by atomic mass is 9.91. The number of phenols is 2. The van der Waals surface area contributed by atoms with Crippen LogP contribution >= 0.6 is 0 Å². The molecule has 25 heavy (non-hydrogen) atoms. The van der Waals surface area contributed by atoms with Gasteiger partial charge in [-0.05, 0) is 25.8 Å². The highest BCUT2D eigenvalue weighted by atomic mass is 16.5. The van der Waals surface area contributed by atoms with E-state index in [9.17, 15) is 20.1 Å². The van der Waals surface area contributed by atoms with E-state index in [1.54, 1.807) is 24.3 Å². The van der Waals surface area contributed by atoms with Crippen molar-refractivity contribution in [3.8, 4) is 17.2 Å². The van der Waals surface area contributed by atoms with Gasteiger partial charge in [0.1, 0.15) is 22.8 Å². The Morgan fingerprint density at radius 1 is 1.20 bits per heavy atom. The number of hydrogen-bond donors (Lipinski definition) is 3. The number of carbonyl (C=O) groups excluding carboxylic acids is 1. The zero-order valence-electron chi connectivity index (χ0n) is 14.1. The molecule has 0 aliphatic carbocycles. The van der Waals surface area contributed by atoms with Crippen LogP contribution in [0.4, 0.5) is 0 Å². The number of allylic oxidation sites excluding steroid dienone is 2. The van der Waals surface area contributed by atoms with Gasteiger partial charge in [-0.2, -0.15) is 0 Å². The van der Waals surface area contributed by atoms with E-state index < -0.39 is 18.0 Å². The Morgan fingerprint density at radius 2 is 1.88 bits per heavy atom. The lowest BCUT2D eigenvalue weighted by Gasteiger charge is -2.30. The molecule has 0 amide bonds. The summed E-state index contributed by atoms with van der Waals surface area (Å²) in [6, 6.07) is 10.2. The summed E-state index contributed by atoms with van der Waals surface area (Å²) in [6.07, 6.45) is -0.206. The maximum absolute atomic E-state index is 12.6. The van der Waals surface area contributed by atoms with E-state index in [2.05, 4.69) is 0 Å². The molecule has 3 rings (SSSR count). The Bertz CT molecular complexity index is 835. The summed E-state index contributed by atoms with van der Waals surface area (Å²) in [5, 5.41) is 31.1. The number of benzene rings is 2. The summed E-state index contributed by atoms with van der Waals surface area (Å²) < 4.78 is 5.74. The quantitative estimate of drug-likeness (QED) is 0.747. The van der Waals surface area contributed by atoms with Crippen LogP contribution < -0.4 is 4.74 Å². The molecule has 0 spiro atoms. The number of ketones is 1. The Hall–Kier alpha value is -2.79. The number of aliphatic hydroxyl groups excluding tert-OH is 1. The number of aromatic hydroxyl groups is 2. The Kier molecular flexibility index (Phi) is 4.51. The van der Waals surface area contributed by atoms with Gasteiger partial charge < -0.3 is 20.1 Å². The minimum absolute atomic E-state index is 0.0695. The standard InChI is InChI=1S/C20H20O5/c1-11(2)8-9-13-14(21)10-15-16(17(13)22)18(23)19(24)20(25-15)12-6-4-3-5-7-12/h3-8,10,19-22,24H,9H2,1-2H3/t19-,20+/m0/s1. The van der Waals surface area contributed by atoms with E-state index in [4.69, 9.17) is 4.74 Å². The zero-order chi connectivity index (χ0) is 18.1. The van der Waals surface area contributed by atoms with Crippen LogP contribution in [0.1, 0.15) is 41.4 Å². The lowest BCUT2D eigenvalue weighted by Crippen LogP contribution is -2.36. The van der Waals surface area contributed by atoms with Crippen molar-refractivity contribution in [1.82, 2.24) is 0 Å². The molecule has 5 heteroatoms. The molecule has 0 fully saturated rings. The van der Waals surface area contributed by atoms with Crippen molar-refractivity contribution in [1.29, 1.82) is 0 Å². The van der Waals surface area contributed by atoms with E-state index in [-0.39, 0.29) is 34.8 Å². The van der Waals surface area contributed by atoms with Gasteiger partial charge in [0.15, 0.2) is 12.2 Å². The molecule has 5 nitrogen and oxygen atoms in total. The minimum atomic E-state index is -1.43. The number of phenolic OH excluding ortho intramolecular Hbond substituents is 2. The number of Topliss-reactive ketones (excluding diaryl/α,β-unsaturated/α-hetero) is 1. The van der Waals surface area contributed by atoms with Gasteiger partial charge in [-0.1, -0.05) is 42.0 Å². The normalized spacial score (nSPS) is 19.1. The average Bonchev–Trinajstić information content (AvgIpc) is 2.58. The van der Waals surface area contributed by atoms with E-state index in [1.165, 1.54) is 6.07 Å². The fourth-order valence-corrected chi connectivity index (χ4v) is 2.89. The molecule has 0 bridgehead atoms. The van der Waals surface area contributed by atoms with Gasteiger partial charge in [0.25, 0.3) is 0 Å². The van der Waals surface area contributed by atoms with Crippen LogP contribution in [-0.2, 0) is 6.42 Å². The van der Waals surface area contributed by atoms with Gasteiger partial charge in [0.05, 0.1) is 0 Å². The fraction of sp³-hybridized carbons (Fsp3) is 0.250. The summed E-state index contributed by atoms with van der Waals surface area (Å²) in [7, 11) is 0. The largest absolute Gasteiger partial charge is 0.507 e. The average molecular weight is 340 g/mol. The fourth-order valence-electron chi connectivity index (χ4n) is 2.89. The zero-order valence-corrected chi connectivity index (χ0v) is 14.1. The predicted molar refractivity (Wildman–Crippen MR) is 93.1 cm³/mol. The molecule has 1 aliphatic rings. The molecule has 0 aromatic heterocycles. The van der Waals surface area contributed by atoms with Crippen molar-refractivity contribution in [3.05, 3.63) is 64.7 Å². The Morgan fingerprint density at radius 3 is 2.52 bits per heavy atom. The number of fused-ring (bicyclic) bond motifs is 1. The molecule has 0 unspecified atom stereocenters. The van der Waals surface area contributed by atoms with Crippen LogP contribution in [0, 0.1) is 0 Å². The highest BCUT2D eigenvalue weighted by Crippen LogP contribution is 2.44. The third-order valence-electron chi connectivity index (χ3n) is 4.24. The smallest absolute Gasteiger partial charge is 0.202 e. The summed E-state index contributed by atoms with van der Waals surface area (Å²) in [5.41, 5.74) is 1.81. The SMILES string of the molecule is CC(C)=CCc1c(O)cc2c(c1O)C(=O)[C@H](O)[C@@H](c1ccccc1)O2. The number of rotatable bonds is 3. The van der Waals surface area contributed by atoms with Gasteiger partial charge in [-0.3, -0.25) is 4.79 Å². The summed E-state index contributed by atoms with van der Waals surface area (Å²) in [5.74, 6) is -1.04. The number of aliphatic hydroxyl groups is 1. The van der Waals surface area contributed by atoms with Crippen LogP contribution in [0.15, 0.2) is 48.0 Å². The monoisotopic (exact) mass is 340 g/mol. The first kappa shape index (κ1) is 17.0. The first-order chi connectivity index (χ1) is 11.9. The van der Waals surface area contributed by atoms with Crippen molar-refractivity contribution < 1.29 is 24.9 Å². The van der Waals surface area contributed by atoms with Gasteiger partial charge in [-0.15, -0.1) is 0 Å². The molecule has 0 radical (unpaired) electrons. The molecule has 0 saturated carbocycles. The van der Waals surface area contributed by atoms with Gasteiger partial charge in [0, 0.05) is 11.6 Å². The lowest BCUT2D eigenvalue weighted by molar-refractivity contribution is 0.0210. The molecule has 3 N–H and O–H groups in total. The highest BCUT2D eigenvalue weighted by molar-refractivity contribution is 6.06. The van der Waals surface area contributed by atoms with Crippen molar-refractivity contribution >= 4 is 5.78 Å². The topological polar surface area (TPSA) is 87.0 Å². The van der Waals surface area contributed by atoms with E-state index in [1.807, 2.05) is 26.0 Å². The molecule has 130 valence electrons. The molecule has 1 aliphatic heterocycles. The maximum atomic E-state index is 12.6. The molecular weight excluding hydrogens is 320 g/mol. The van der Waals surface area contributed by atoms with E-state index in [0.29, 0.717) is 5.56 Å². The summed E-state index contributed by atoms with van der Waals surface area (Å²) >= 11 is 0. The molecule has 2 aromatic rings. The minimum Gasteiger partial charge on any atom is -0.507 e. The number of ether oxygens (including phenoxy) is 1. The Labute approximate surface area is 145 Å². The summed E-state index contributed by atoms with van der Waals surface area (Å²) in [6.45, 7) is 3.80. The van der Waals surface area contributed by atoms with Crippen LogP contribution in [-0.4, -0.2) is 27.2 Å². The summed E-state index contributed by atoms with van der Waals surface area (Å²) in [4.78, 5) is 12.6. The predicted octanol–water partition coefficient (Wildman–Crippen LogP) is 3.28. The second-order valence-electron chi connectivity index (χ2n) is 6.34. The molecular formula is C20H20O5. The third-order valence-corrected chi connectivity index (χ3v) is 4.24. The van der Waals surface area contributed by atoms with Gasteiger partial charge in [0.2, 0.25) is 5.78 Å². The molecule has 2 aromatic carbocycles. The maximum Gasteiger partial charge on any atom is 0.202 e. The number of hydrogen-bond acceptors (Lipinski definition) is 5. The van der Waals surface area contributed by atoms with Gasteiger partial charge in [-0.25, -0.2) is 0 Å². The van der Waals surface area contributed by atoms with Crippen molar-refractivity contribution in [2.75, 3.05) is 0 Å². The van der Waals surface area contributed by atoms with Gasteiger partial charge >= 0.3 is 0 Å². The first-order valence-corrected chi connectivity index (χ1v) is 8.05. The molecule has 2 atom stereocenters. The molecule has 1 heterocycles. The number of carbonyl (C=O) groups is 1. The van der Waals surface area contributed by atoms with E-state index in [0.717, 1.165) is 5.57 Å². The van der Waals surface area contributed by atoms with Crippen LogP contribution in [0.2, 0.25) is 0 Å². The van der Waals surface area contributed by atoms with Crippen LogP contribution in [0.3, 0.4) is 0 Å².